The summed E-state index contributed by atoms with van der Waals surface area (Å²) in [6, 6.07) is 7.06. The Balaban J connectivity index is 1.52. The van der Waals surface area contributed by atoms with Gasteiger partial charge in [0.2, 0.25) is 0 Å². The summed E-state index contributed by atoms with van der Waals surface area (Å²) in [4.78, 5) is 27.0. The second-order valence-corrected chi connectivity index (χ2v) is 6.69. The molecule has 126 valence electrons. The molecule has 1 fully saturated rings. The van der Waals surface area contributed by atoms with Crippen molar-refractivity contribution in [3.63, 3.8) is 0 Å². The maximum absolute atomic E-state index is 12.9. The Bertz CT molecular complexity index is 745. The predicted octanol–water partition coefficient (Wildman–Crippen LogP) is 3.23. The Kier molecular flexibility index (Phi) is 4.80. The highest BCUT2D eigenvalue weighted by Crippen LogP contribution is 2.21. The van der Waals surface area contributed by atoms with Crippen LogP contribution in [0.1, 0.15) is 21.7 Å². The Morgan fingerprint density at radius 1 is 1.25 bits per heavy atom. The van der Waals surface area contributed by atoms with Crippen LogP contribution in [-0.4, -0.2) is 36.0 Å². The zero-order chi connectivity index (χ0) is 17.1. The maximum atomic E-state index is 12.9. The molecule has 7 heteroatoms. The molecule has 0 saturated carbocycles. The lowest BCUT2D eigenvalue weighted by molar-refractivity contribution is 0.0793. The second-order valence-electron chi connectivity index (χ2n) is 5.77. The van der Waals surface area contributed by atoms with Crippen molar-refractivity contribution in [2.45, 2.75) is 19.4 Å². The number of halogens is 1. The number of urea groups is 1. The SMILES string of the molecule is Cc1ccsc1C(=O)N1CC[C@H](NC(=O)Nc2ccc(F)cc2)C1. The molecule has 2 heterocycles. The molecule has 1 aliphatic rings. The van der Waals surface area contributed by atoms with Crippen molar-refractivity contribution in [1.29, 1.82) is 0 Å². The summed E-state index contributed by atoms with van der Waals surface area (Å²) in [6.45, 7) is 3.04. The van der Waals surface area contributed by atoms with E-state index < -0.39 is 0 Å². The van der Waals surface area contributed by atoms with Crippen molar-refractivity contribution in [3.8, 4) is 0 Å². The molecule has 1 atom stereocenters. The molecular formula is C17H18FN3O2S. The molecule has 0 radical (unpaired) electrons. The fourth-order valence-electron chi connectivity index (χ4n) is 2.68. The van der Waals surface area contributed by atoms with Gasteiger partial charge in [-0.1, -0.05) is 0 Å². The third kappa shape index (κ3) is 3.73. The molecule has 0 aliphatic carbocycles. The number of carbonyl (C=O) groups excluding carboxylic acids is 2. The third-order valence-corrected chi connectivity index (χ3v) is 4.97. The highest BCUT2D eigenvalue weighted by Gasteiger charge is 2.29. The van der Waals surface area contributed by atoms with Crippen molar-refractivity contribution < 1.29 is 14.0 Å². The third-order valence-electron chi connectivity index (χ3n) is 3.97. The first-order valence-electron chi connectivity index (χ1n) is 7.69. The number of hydrogen-bond donors (Lipinski definition) is 2. The first kappa shape index (κ1) is 16.4. The summed E-state index contributed by atoms with van der Waals surface area (Å²) in [5.74, 6) is -0.333. The summed E-state index contributed by atoms with van der Waals surface area (Å²) in [6.07, 6.45) is 0.715. The van der Waals surface area contributed by atoms with Crippen LogP contribution >= 0.6 is 11.3 Å². The predicted molar refractivity (Wildman–Crippen MR) is 91.9 cm³/mol. The summed E-state index contributed by atoms with van der Waals surface area (Å²) >= 11 is 1.44. The molecule has 3 rings (SSSR count). The van der Waals surface area contributed by atoms with Crippen LogP contribution in [0.15, 0.2) is 35.7 Å². The molecule has 1 saturated heterocycles. The number of rotatable bonds is 3. The molecule has 1 aromatic carbocycles. The number of carbonyl (C=O) groups is 2. The van der Waals surface area contributed by atoms with Gasteiger partial charge in [0.1, 0.15) is 5.82 Å². The van der Waals surface area contributed by atoms with Gasteiger partial charge in [-0.3, -0.25) is 4.79 Å². The zero-order valence-corrected chi connectivity index (χ0v) is 14.0. The Morgan fingerprint density at radius 2 is 2.00 bits per heavy atom. The van der Waals surface area contributed by atoms with Crippen LogP contribution in [0, 0.1) is 12.7 Å². The van der Waals surface area contributed by atoms with E-state index in [1.807, 2.05) is 18.4 Å². The Hall–Kier alpha value is -2.41. The fourth-order valence-corrected chi connectivity index (χ4v) is 3.58. The van der Waals surface area contributed by atoms with E-state index in [4.69, 9.17) is 0 Å². The van der Waals surface area contributed by atoms with Gasteiger partial charge in [-0.05, 0) is 54.6 Å². The minimum Gasteiger partial charge on any atom is -0.336 e. The van der Waals surface area contributed by atoms with Crippen molar-refractivity contribution in [2.24, 2.45) is 0 Å². The average molecular weight is 347 g/mol. The maximum Gasteiger partial charge on any atom is 0.319 e. The van der Waals surface area contributed by atoms with E-state index in [1.54, 1.807) is 4.90 Å². The minimum absolute atomic E-state index is 0.0192. The molecule has 0 unspecified atom stereocenters. The highest BCUT2D eigenvalue weighted by molar-refractivity contribution is 7.12. The van der Waals surface area contributed by atoms with Crippen LogP contribution in [0.2, 0.25) is 0 Å². The molecule has 1 aliphatic heterocycles. The molecule has 0 spiro atoms. The van der Waals surface area contributed by atoms with Gasteiger partial charge in [-0.25, -0.2) is 9.18 Å². The molecule has 1 aromatic heterocycles. The van der Waals surface area contributed by atoms with Crippen LogP contribution in [0.25, 0.3) is 0 Å². The topological polar surface area (TPSA) is 61.4 Å². The van der Waals surface area contributed by atoms with E-state index in [9.17, 15) is 14.0 Å². The quantitative estimate of drug-likeness (QED) is 0.895. The first-order chi connectivity index (χ1) is 11.5. The summed E-state index contributed by atoms with van der Waals surface area (Å²) in [7, 11) is 0. The second kappa shape index (κ2) is 7.00. The van der Waals surface area contributed by atoms with Crippen LogP contribution in [0.3, 0.4) is 0 Å². The number of nitrogens with zero attached hydrogens (tertiary/aromatic N) is 1. The van der Waals surface area contributed by atoms with Crippen molar-refractivity contribution in [2.75, 3.05) is 18.4 Å². The van der Waals surface area contributed by atoms with Gasteiger partial charge in [-0.2, -0.15) is 0 Å². The van der Waals surface area contributed by atoms with Crippen LogP contribution in [0.4, 0.5) is 14.9 Å². The lowest BCUT2D eigenvalue weighted by Gasteiger charge is -2.17. The smallest absolute Gasteiger partial charge is 0.319 e. The molecular weight excluding hydrogens is 329 g/mol. The van der Waals surface area contributed by atoms with Gasteiger partial charge in [0.05, 0.1) is 4.88 Å². The lowest BCUT2D eigenvalue weighted by Crippen LogP contribution is -2.40. The number of benzene rings is 1. The standard InChI is InChI=1S/C17H18FN3O2S/c1-11-7-9-24-15(11)16(22)21-8-6-14(10-21)20-17(23)19-13-4-2-12(18)3-5-13/h2-5,7,9,14H,6,8,10H2,1H3,(H2,19,20,23)/t14-/m0/s1. The minimum atomic E-state index is -0.354. The van der Waals surface area contributed by atoms with Gasteiger partial charge in [0.15, 0.2) is 0 Å². The van der Waals surface area contributed by atoms with Gasteiger partial charge in [0, 0.05) is 24.8 Å². The molecule has 3 amide bonds. The van der Waals surface area contributed by atoms with Gasteiger partial charge < -0.3 is 15.5 Å². The zero-order valence-electron chi connectivity index (χ0n) is 13.2. The van der Waals surface area contributed by atoms with Crippen LogP contribution < -0.4 is 10.6 Å². The Labute approximate surface area is 143 Å². The van der Waals surface area contributed by atoms with Gasteiger partial charge >= 0.3 is 6.03 Å². The number of aryl methyl sites for hydroxylation is 1. The normalized spacial score (nSPS) is 16.9. The van der Waals surface area contributed by atoms with Gasteiger partial charge in [-0.15, -0.1) is 11.3 Å². The van der Waals surface area contributed by atoms with Gasteiger partial charge in [0.25, 0.3) is 5.91 Å². The summed E-state index contributed by atoms with van der Waals surface area (Å²) in [5, 5.41) is 7.42. The molecule has 2 N–H and O–H groups in total. The average Bonchev–Trinajstić information content (AvgIpc) is 3.18. The molecule has 2 aromatic rings. The number of hydrogen-bond acceptors (Lipinski definition) is 3. The fraction of sp³-hybridized carbons (Fsp3) is 0.294. The number of nitrogens with one attached hydrogen (secondary N) is 2. The van der Waals surface area contributed by atoms with Crippen molar-refractivity contribution in [3.05, 3.63) is 52.0 Å². The van der Waals surface area contributed by atoms with E-state index in [2.05, 4.69) is 10.6 Å². The van der Waals surface area contributed by atoms with E-state index in [0.29, 0.717) is 25.2 Å². The lowest BCUT2D eigenvalue weighted by atomic mass is 10.2. The van der Waals surface area contributed by atoms with Crippen molar-refractivity contribution >= 4 is 29.0 Å². The number of anilines is 1. The van der Waals surface area contributed by atoms with Crippen LogP contribution in [-0.2, 0) is 0 Å². The van der Waals surface area contributed by atoms with E-state index in [-0.39, 0.29) is 23.8 Å². The van der Waals surface area contributed by atoms with E-state index in [0.717, 1.165) is 10.4 Å². The molecule has 5 nitrogen and oxygen atoms in total. The monoisotopic (exact) mass is 347 g/mol. The summed E-state index contributed by atoms with van der Waals surface area (Å²) < 4.78 is 12.9. The number of amides is 3. The number of likely N-dealkylation sites (tertiary alicyclic amines) is 1. The first-order valence-corrected chi connectivity index (χ1v) is 8.57. The largest absolute Gasteiger partial charge is 0.336 e. The molecule has 24 heavy (non-hydrogen) atoms. The van der Waals surface area contributed by atoms with Crippen LogP contribution in [0.5, 0.6) is 0 Å². The van der Waals surface area contributed by atoms with Crippen molar-refractivity contribution in [1.82, 2.24) is 10.2 Å². The highest BCUT2D eigenvalue weighted by atomic mass is 32.1. The number of thiophene rings is 1. The summed E-state index contributed by atoms with van der Waals surface area (Å²) in [5.41, 5.74) is 1.50. The molecule has 0 bridgehead atoms. The van der Waals surface area contributed by atoms with E-state index in [1.165, 1.54) is 35.6 Å². The Morgan fingerprint density at radius 3 is 2.67 bits per heavy atom. The van der Waals surface area contributed by atoms with E-state index >= 15 is 0 Å².